The Labute approximate surface area is 215 Å². The molecule has 0 saturated carbocycles. The fourth-order valence-corrected chi connectivity index (χ4v) is 5.78. The normalized spacial score (nSPS) is 19.4. The van der Waals surface area contributed by atoms with Crippen LogP contribution in [-0.4, -0.2) is 65.9 Å². The summed E-state index contributed by atoms with van der Waals surface area (Å²) < 4.78 is 6.48. The van der Waals surface area contributed by atoms with Crippen LogP contribution in [-0.2, 0) is 20.9 Å². The van der Waals surface area contributed by atoms with Gasteiger partial charge >= 0.3 is 6.01 Å². The molecule has 0 unspecified atom stereocenters. The van der Waals surface area contributed by atoms with Crippen LogP contribution in [0.25, 0.3) is 11.4 Å². The number of β-lactam (4-membered cyclic amide) rings is 1. The molecule has 3 aromatic heterocycles. The van der Waals surface area contributed by atoms with Gasteiger partial charge in [-0.15, -0.1) is 23.1 Å². The highest BCUT2D eigenvalue weighted by atomic mass is 32.2. The maximum Gasteiger partial charge on any atom is 0.319 e. The summed E-state index contributed by atoms with van der Waals surface area (Å²) in [7, 11) is 0. The quantitative estimate of drug-likeness (QED) is 0.0827. The smallest absolute Gasteiger partial charge is 0.319 e. The van der Waals surface area contributed by atoms with Crippen LogP contribution in [0.2, 0.25) is 0 Å². The van der Waals surface area contributed by atoms with Gasteiger partial charge < -0.3 is 36.4 Å². The number of nitrogens with two attached hydrogens (primary N) is 2. The van der Waals surface area contributed by atoms with Gasteiger partial charge in [-0.25, -0.2) is 9.55 Å². The summed E-state index contributed by atoms with van der Waals surface area (Å²) in [4.78, 5) is 46.5. The SMILES string of the molecule is Nc1nc(-c2cc[n+](CC3=C(C(=O)[O-])N4C(=O)[C@@H](NC(=O)C(=NO)c5csc(N)n5)[C@@H]4SC3)cc2)no1. The number of fused-ring (bicyclic) bond motifs is 1. The molecule has 190 valence electrons. The molecule has 17 heteroatoms. The number of anilines is 2. The van der Waals surface area contributed by atoms with E-state index < -0.39 is 34.9 Å². The molecule has 0 radical (unpaired) electrons. The number of amides is 2. The Bertz CT molecular complexity index is 1460. The largest absolute Gasteiger partial charge is 0.543 e. The summed E-state index contributed by atoms with van der Waals surface area (Å²) in [5, 5.41) is 31.4. The van der Waals surface area contributed by atoms with Crippen molar-refractivity contribution in [2.75, 3.05) is 17.2 Å². The predicted octanol–water partition coefficient (Wildman–Crippen LogP) is -2.07. The minimum absolute atomic E-state index is 0.0471. The van der Waals surface area contributed by atoms with E-state index in [2.05, 4.69) is 25.6 Å². The fourth-order valence-electron chi connectivity index (χ4n) is 3.90. The molecule has 15 nitrogen and oxygen atoms in total. The molecule has 5 heterocycles. The van der Waals surface area contributed by atoms with Crippen molar-refractivity contribution in [3.8, 4) is 11.4 Å². The number of carbonyl (C=O) groups is 3. The molecule has 5 rings (SSSR count). The Hall–Kier alpha value is -4.51. The number of nitrogen functional groups attached to an aromatic ring is 2. The van der Waals surface area contributed by atoms with Gasteiger partial charge in [-0.3, -0.25) is 14.5 Å². The van der Waals surface area contributed by atoms with Crippen molar-refractivity contribution in [2.45, 2.75) is 18.0 Å². The summed E-state index contributed by atoms with van der Waals surface area (Å²) in [6.45, 7) is 0.172. The number of hydrogen-bond acceptors (Lipinski definition) is 14. The fraction of sp³-hybridized carbons (Fsp3) is 0.200. The summed E-state index contributed by atoms with van der Waals surface area (Å²) in [6, 6.07) is 2.32. The molecule has 2 atom stereocenters. The van der Waals surface area contributed by atoms with Gasteiger partial charge in [0.15, 0.2) is 29.8 Å². The van der Waals surface area contributed by atoms with E-state index in [1.165, 1.54) is 17.1 Å². The molecular weight excluding hydrogens is 526 g/mol. The van der Waals surface area contributed by atoms with Crippen molar-refractivity contribution in [3.05, 3.63) is 46.9 Å². The summed E-state index contributed by atoms with van der Waals surface area (Å²) in [5.74, 6) is -2.41. The first-order chi connectivity index (χ1) is 17.8. The second-order valence-corrected chi connectivity index (χ2v) is 9.83. The van der Waals surface area contributed by atoms with Crippen molar-refractivity contribution < 1.29 is 33.8 Å². The Morgan fingerprint density at radius 3 is 2.68 bits per heavy atom. The van der Waals surface area contributed by atoms with E-state index in [0.29, 0.717) is 17.0 Å². The van der Waals surface area contributed by atoms with Gasteiger partial charge in [0, 0.05) is 34.4 Å². The Morgan fingerprint density at radius 2 is 2.08 bits per heavy atom. The molecular formula is C20H17N9O6S2. The minimum Gasteiger partial charge on any atom is -0.543 e. The first-order valence-corrected chi connectivity index (χ1v) is 12.4. The molecule has 1 saturated heterocycles. The molecule has 6 N–H and O–H groups in total. The number of carboxylic acid groups (broad SMARTS) is 1. The zero-order chi connectivity index (χ0) is 26.3. The van der Waals surface area contributed by atoms with Crippen LogP contribution >= 0.6 is 23.1 Å². The summed E-state index contributed by atoms with van der Waals surface area (Å²) in [6.07, 6.45) is 3.39. The molecule has 37 heavy (non-hydrogen) atoms. The van der Waals surface area contributed by atoms with Crippen LogP contribution in [0.5, 0.6) is 0 Å². The number of thiazole rings is 1. The Balaban J connectivity index is 1.31. The standard InChI is InChI=1S/C20H17N9O6S2/c21-19-25-14(27-35-19)8-1-3-28(4-2-8)5-9-6-36-17-12(16(31)29(17)13(9)18(32)33)24-15(30)11(26-34)10-7-37-20(22)23-10/h1-4,7,12,17H,5-6H2,(H6-,21,22,23,24,25,27,30,32,33,34)/t12-,17+/m1/s1. The lowest BCUT2D eigenvalue weighted by molar-refractivity contribution is -0.689. The van der Waals surface area contributed by atoms with E-state index in [1.807, 2.05) is 0 Å². The average Bonchev–Trinajstić information content (AvgIpc) is 3.51. The van der Waals surface area contributed by atoms with Crippen LogP contribution in [0, 0.1) is 0 Å². The van der Waals surface area contributed by atoms with Crippen molar-refractivity contribution in [3.63, 3.8) is 0 Å². The van der Waals surface area contributed by atoms with E-state index in [9.17, 15) is 24.7 Å². The van der Waals surface area contributed by atoms with Gasteiger partial charge in [-0.05, 0) is 0 Å². The van der Waals surface area contributed by atoms with Gasteiger partial charge in [0.1, 0.15) is 17.1 Å². The maximum atomic E-state index is 12.9. The van der Waals surface area contributed by atoms with Crippen molar-refractivity contribution in [2.24, 2.45) is 5.16 Å². The lowest BCUT2D eigenvalue weighted by Crippen LogP contribution is -2.71. The molecule has 2 aliphatic rings. The third-order valence-corrected chi connectivity index (χ3v) is 7.58. The van der Waals surface area contributed by atoms with Crippen molar-refractivity contribution >= 4 is 57.7 Å². The second kappa shape index (κ2) is 9.51. The van der Waals surface area contributed by atoms with Crippen LogP contribution in [0.4, 0.5) is 11.1 Å². The summed E-state index contributed by atoms with van der Waals surface area (Å²) >= 11 is 2.33. The minimum atomic E-state index is -1.51. The van der Waals surface area contributed by atoms with Crippen LogP contribution in [0.15, 0.2) is 50.9 Å². The maximum absolute atomic E-state index is 12.9. The number of thioether (sulfide) groups is 1. The zero-order valence-corrected chi connectivity index (χ0v) is 20.2. The first kappa shape index (κ1) is 24.2. The van der Waals surface area contributed by atoms with Gasteiger partial charge in [0.2, 0.25) is 5.82 Å². The van der Waals surface area contributed by atoms with Crippen molar-refractivity contribution in [1.29, 1.82) is 0 Å². The third-order valence-electron chi connectivity index (χ3n) is 5.57. The monoisotopic (exact) mass is 543 g/mol. The molecule has 1 fully saturated rings. The number of carboxylic acids is 1. The number of pyridine rings is 1. The topological polar surface area (TPSA) is 230 Å². The van der Waals surface area contributed by atoms with Gasteiger partial charge in [0.05, 0.1) is 11.7 Å². The number of nitrogens with zero attached hydrogens (tertiary/aromatic N) is 6. The Kier molecular flexibility index (Phi) is 6.22. The van der Waals surface area contributed by atoms with E-state index in [0.717, 1.165) is 16.2 Å². The highest BCUT2D eigenvalue weighted by molar-refractivity contribution is 8.00. The van der Waals surface area contributed by atoms with Crippen LogP contribution in [0.1, 0.15) is 5.69 Å². The summed E-state index contributed by atoms with van der Waals surface area (Å²) in [5.41, 5.74) is 11.5. The molecule has 3 aromatic rings. The van der Waals surface area contributed by atoms with Gasteiger partial charge in [-0.1, -0.05) is 10.3 Å². The number of hydrogen-bond donors (Lipinski definition) is 4. The van der Waals surface area contributed by atoms with Crippen LogP contribution in [0.3, 0.4) is 0 Å². The van der Waals surface area contributed by atoms with E-state index in [4.69, 9.17) is 16.0 Å². The molecule has 0 bridgehead atoms. The first-order valence-electron chi connectivity index (χ1n) is 10.5. The number of aliphatic carboxylic acids is 1. The van der Waals surface area contributed by atoms with E-state index >= 15 is 0 Å². The molecule has 0 spiro atoms. The number of rotatable bonds is 7. The number of oxime groups is 1. The molecule has 2 aliphatic heterocycles. The lowest BCUT2D eigenvalue weighted by atomic mass is 10.0. The predicted molar refractivity (Wildman–Crippen MR) is 126 cm³/mol. The molecule has 0 aromatic carbocycles. The van der Waals surface area contributed by atoms with Gasteiger partial charge in [0.25, 0.3) is 11.8 Å². The second-order valence-electron chi connectivity index (χ2n) is 7.84. The van der Waals surface area contributed by atoms with Gasteiger partial charge in [-0.2, -0.15) is 4.98 Å². The highest BCUT2D eigenvalue weighted by Gasteiger charge is 2.53. The Morgan fingerprint density at radius 1 is 1.32 bits per heavy atom. The zero-order valence-electron chi connectivity index (χ0n) is 18.6. The van der Waals surface area contributed by atoms with E-state index in [1.54, 1.807) is 29.1 Å². The molecule has 0 aliphatic carbocycles. The lowest BCUT2D eigenvalue weighted by Gasteiger charge is -2.50. The third kappa shape index (κ3) is 4.45. The van der Waals surface area contributed by atoms with Crippen LogP contribution < -0.4 is 26.5 Å². The molecule has 2 amide bonds. The number of aromatic nitrogens is 4. The van der Waals surface area contributed by atoms with E-state index in [-0.39, 0.29) is 34.8 Å². The number of nitrogens with one attached hydrogen (secondary N) is 1. The van der Waals surface area contributed by atoms with Crippen molar-refractivity contribution in [1.82, 2.24) is 25.3 Å². The highest BCUT2D eigenvalue weighted by Crippen LogP contribution is 2.40. The average molecular weight is 544 g/mol. The number of carbonyl (C=O) groups excluding carboxylic acids is 3.